The Balaban J connectivity index is 2.05. The van der Waals surface area contributed by atoms with Gasteiger partial charge in [-0.25, -0.2) is 9.97 Å². The Hall–Kier alpha value is -1.73. The second-order valence-electron chi connectivity index (χ2n) is 5.26. The Morgan fingerprint density at radius 2 is 2.04 bits per heavy atom. The summed E-state index contributed by atoms with van der Waals surface area (Å²) in [6, 6.07) is 2.01. The SMILES string of the molecule is CC(=O)c1c(C)nc(C)nc1SCC(=O)N(C)Cc1ccsc1. The van der Waals surface area contributed by atoms with Gasteiger partial charge in [-0.3, -0.25) is 9.59 Å². The average Bonchev–Trinajstić information content (AvgIpc) is 2.96. The Labute approximate surface area is 144 Å². The molecule has 0 unspecified atom stereocenters. The van der Waals surface area contributed by atoms with E-state index in [1.807, 2.05) is 16.8 Å². The van der Waals surface area contributed by atoms with E-state index < -0.39 is 0 Å². The molecule has 23 heavy (non-hydrogen) atoms. The molecule has 0 saturated heterocycles. The lowest BCUT2D eigenvalue weighted by Gasteiger charge is -2.16. The minimum atomic E-state index is -0.0796. The van der Waals surface area contributed by atoms with Gasteiger partial charge in [0.05, 0.1) is 17.0 Å². The number of rotatable bonds is 6. The molecule has 5 nitrogen and oxygen atoms in total. The Bertz CT molecular complexity index is 714. The number of hydrogen-bond donors (Lipinski definition) is 0. The van der Waals surface area contributed by atoms with Gasteiger partial charge in [-0.05, 0) is 43.2 Å². The number of thioether (sulfide) groups is 1. The molecular weight excluding hydrogens is 330 g/mol. The number of Topliss-reactive ketones (excluding diaryl/α,β-unsaturated/α-hetero) is 1. The number of thiophene rings is 1. The molecular formula is C16H19N3O2S2. The van der Waals surface area contributed by atoms with Crippen LogP contribution in [0.25, 0.3) is 0 Å². The molecule has 1 amide bonds. The summed E-state index contributed by atoms with van der Waals surface area (Å²) in [6.45, 7) is 5.66. The average molecular weight is 349 g/mol. The van der Waals surface area contributed by atoms with Gasteiger partial charge in [0.25, 0.3) is 0 Å². The molecule has 0 spiro atoms. The molecule has 0 atom stereocenters. The number of aromatic nitrogens is 2. The standard InChI is InChI=1S/C16H19N3O2S2/c1-10-15(11(2)20)16(18-12(3)17-10)23-9-14(21)19(4)7-13-5-6-22-8-13/h5-6,8H,7,9H2,1-4H3. The van der Waals surface area contributed by atoms with Crippen LogP contribution in [0, 0.1) is 13.8 Å². The van der Waals surface area contributed by atoms with Gasteiger partial charge < -0.3 is 4.90 Å². The molecule has 7 heteroatoms. The van der Waals surface area contributed by atoms with Gasteiger partial charge in [-0.2, -0.15) is 11.3 Å². The van der Waals surface area contributed by atoms with Crippen LogP contribution < -0.4 is 0 Å². The Kier molecular flexibility index (Phi) is 5.90. The molecule has 2 aromatic heterocycles. The van der Waals surface area contributed by atoms with Crippen LogP contribution in [0.4, 0.5) is 0 Å². The van der Waals surface area contributed by atoms with Gasteiger partial charge in [0, 0.05) is 13.6 Å². The lowest BCUT2D eigenvalue weighted by molar-refractivity contribution is -0.127. The van der Waals surface area contributed by atoms with E-state index in [1.165, 1.54) is 18.7 Å². The lowest BCUT2D eigenvalue weighted by atomic mass is 10.2. The van der Waals surface area contributed by atoms with E-state index >= 15 is 0 Å². The number of ketones is 1. The van der Waals surface area contributed by atoms with Crippen molar-refractivity contribution in [2.75, 3.05) is 12.8 Å². The van der Waals surface area contributed by atoms with E-state index in [1.54, 1.807) is 37.1 Å². The molecule has 0 radical (unpaired) electrons. The number of aryl methyl sites for hydroxylation is 2. The fourth-order valence-electron chi connectivity index (χ4n) is 2.18. The van der Waals surface area contributed by atoms with Crippen molar-refractivity contribution in [3.8, 4) is 0 Å². The molecule has 0 saturated carbocycles. The van der Waals surface area contributed by atoms with Crippen LogP contribution in [0.1, 0.15) is 34.4 Å². The van der Waals surface area contributed by atoms with E-state index in [0.29, 0.717) is 28.7 Å². The lowest BCUT2D eigenvalue weighted by Crippen LogP contribution is -2.27. The molecule has 2 heterocycles. The van der Waals surface area contributed by atoms with Crippen LogP contribution in [0.5, 0.6) is 0 Å². The highest BCUT2D eigenvalue weighted by molar-refractivity contribution is 8.00. The molecule has 0 aliphatic rings. The maximum absolute atomic E-state index is 12.3. The summed E-state index contributed by atoms with van der Waals surface area (Å²) in [4.78, 5) is 34.3. The maximum Gasteiger partial charge on any atom is 0.233 e. The highest BCUT2D eigenvalue weighted by atomic mass is 32.2. The van der Waals surface area contributed by atoms with E-state index in [9.17, 15) is 9.59 Å². The van der Waals surface area contributed by atoms with Crippen LogP contribution in [0.3, 0.4) is 0 Å². The summed E-state index contributed by atoms with van der Waals surface area (Å²) < 4.78 is 0. The predicted molar refractivity (Wildman–Crippen MR) is 93.0 cm³/mol. The first-order chi connectivity index (χ1) is 10.9. The minimum Gasteiger partial charge on any atom is -0.341 e. The quantitative estimate of drug-likeness (QED) is 0.455. The summed E-state index contributed by atoms with van der Waals surface area (Å²) in [6.07, 6.45) is 0. The number of carbonyl (C=O) groups is 2. The number of carbonyl (C=O) groups excluding carboxylic acids is 2. The second-order valence-corrected chi connectivity index (χ2v) is 7.01. The largest absolute Gasteiger partial charge is 0.341 e. The summed E-state index contributed by atoms with van der Waals surface area (Å²) in [5.74, 6) is 0.777. The molecule has 2 aromatic rings. The number of nitrogens with zero attached hydrogens (tertiary/aromatic N) is 3. The van der Waals surface area contributed by atoms with Crippen LogP contribution in [0.2, 0.25) is 0 Å². The van der Waals surface area contributed by atoms with Crippen LogP contribution in [-0.2, 0) is 11.3 Å². The van der Waals surface area contributed by atoms with Crippen molar-refractivity contribution in [3.05, 3.63) is 39.5 Å². The molecule has 0 bridgehead atoms. The van der Waals surface area contributed by atoms with Gasteiger partial charge >= 0.3 is 0 Å². The minimum absolute atomic E-state index is 0.00428. The van der Waals surface area contributed by atoms with Crippen LogP contribution in [-0.4, -0.2) is 39.4 Å². The Morgan fingerprint density at radius 1 is 1.30 bits per heavy atom. The fourth-order valence-corrected chi connectivity index (χ4v) is 3.95. The molecule has 0 aliphatic carbocycles. The van der Waals surface area contributed by atoms with E-state index in [4.69, 9.17) is 0 Å². The van der Waals surface area contributed by atoms with Crippen LogP contribution in [0.15, 0.2) is 21.9 Å². The first-order valence-electron chi connectivity index (χ1n) is 7.12. The zero-order chi connectivity index (χ0) is 17.0. The van der Waals surface area contributed by atoms with Gasteiger partial charge in [0.2, 0.25) is 5.91 Å². The van der Waals surface area contributed by atoms with Crippen molar-refractivity contribution >= 4 is 34.8 Å². The van der Waals surface area contributed by atoms with E-state index in [2.05, 4.69) is 9.97 Å². The highest BCUT2D eigenvalue weighted by Crippen LogP contribution is 2.23. The molecule has 0 aromatic carbocycles. The fraction of sp³-hybridized carbons (Fsp3) is 0.375. The molecule has 122 valence electrons. The molecule has 2 rings (SSSR count). The smallest absolute Gasteiger partial charge is 0.233 e. The molecule has 0 fully saturated rings. The van der Waals surface area contributed by atoms with Crippen molar-refractivity contribution in [1.29, 1.82) is 0 Å². The molecule has 0 aliphatic heterocycles. The zero-order valence-electron chi connectivity index (χ0n) is 13.6. The van der Waals surface area contributed by atoms with Gasteiger partial charge in [0.15, 0.2) is 5.78 Å². The predicted octanol–water partition coefficient (Wildman–Crippen LogP) is 3.11. The third kappa shape index (κ3) is 4.62. The normalized spacial score (nSPS) is 10.6. The zero-order valence-corrected chi connectivity index (χ0v) is 15.3. The highest BCUT2D eigenvalue weighted by Gasteiger charge is 2.17. The van der Waals surface area contributed by atoms with Gasteiger partial charge in [-0.15, -0.1) is 0 Å². The van der Waals surface area contributed by atoms with Crippen molar-refractivity contribution in [1.82, 2.24) is 14.9 Å². The third-order valence-electron chi connectivity index (χ3n) is 3.28. The van der Waals surface area contributed by atoms with E-state index in [0.717, 1.165) is 5.56 Å². The molecule has 0 N–H and O–H groups in total. The van der Waals surface area contributed by atoms with Crippen molar-refractivity contribution in [2.45, 2.75) is 32.3 Å². The topological polar surface area (TPSA) is 63.2 Å². The van der Waals surface area contributed by atoms with Gasteiger partial charge in [0.1, 0.15) is 10.9 Å². The number of hydrogen-bond acceptors (Lipinski definition) is 6. The first-order valence-corrected chi connectivity index (χ1v) is 9.05. The maximum atomic E-state index is 12.3. The van der Waals surface area contributed by atoms with Crippen molar-refractivity contribution in [2.24, 2.45) is 0 Å². The monoisotopic (exact) mass is 349 g/mol. The summed E-state index contributed by atoms with van der Waals surface area (Å²) >= 11 is 2.91. The Morgan fingerprint density at radius 3 is 2.65 bits per heavy atom. The van der Waals surface area contributed by atoms with Gasteiger partial charge in [-0.1, -0.05) is 11.8 Å². The summed E-state index contributed by atoms with van der Waals surface area (Å²) in [5, 5.41) is 4.61. The summed E-state index contributed by atoms with van der Waals surface area (Å²) in [5.41, 5.74) is 2.29. The first kappa shape index (κ1) is 17.6. The van der Waals surface area contributed by atoms with Crippen molar-refractivity contribution < 1.29 is 9.59 Å². The van der Waals surface area contributed by atoms with Crippen LogP contribution >= 0.6 is 23.1 Å². The second kappa shape index (κ2) is 7.70. The van der Waals surface area contributed by atoms with Crippen molar-refractivity contribution in [3.63, 3.8) is 0 Å². The summed E-state index contributed by atoms with van der Waals surface area (Å²) in [7, 11) is 1.78. The third-order valence-corrected chi connectivity index (χ3v) is 4.97. The number of amides is 1. The van der Waals surface area contributed by atoms with E-state index in [-0.39, 0.29) is 17.4 Å².